The predicted octanol–water partition coefficient (Wildman–Crippen LogP) is 3.92. The zero-order valence-corrected chi connectivity index (χ0v) is 12.3. The molecule has 2 nitrogen and oxygen atoms in total. The molecule has 0 saturated heterocycles. The van der Waals surface area contributed by atoms with E-state index in [1.165, 1.54) is 16.0 Å². The number of nitrogens with two attached hydrogens (primary N) is 1. The zero-order valence-electron chi connectivity index (χ0n) is 11.4. The molecule has 0 aliphatic heterocycles. The lowest BCUT2D eigenvalue weighted by molar-refractivity contribution is 0.590. The average Bonchev–Trinajstić information content (AvgIpc) is 2.66. The summed E-state index contributed by atoms with van der Waals surface area (Å²) in [5.41, 5.74) is 12.7. The van der Waals surface area contributed by atoms with Crippen molar-refractivity contribution < 1.29 is 0 Å². The minimum atomic E-state index is 0.146. The number of aromatic nitrogens is 1. The maximum Gasteiger partial charge on any atom is 0.0797 e. The number of benzene rings is 1. The molecule has 0 bridgehead atoms. The van der Waals surface area contributed by atoms with Crippen molar-refractivity contribution in [2.75, 3.05) is 5.73 Å². The van der Waals surface area contributed by atoms with Gasteiger partial charge in [0, 0.05) is 17.0 Å². The van der Waals surface area contributed by atoms with Crippen LogP contribution in [0.4, 0.5) is 5.69 Å². The number of anilines is 1. The highest BCUT2D eigenvalue weighted by Crippen LogP contribution is 2.28. The summed E-state index contributed by atoms with van der Waals surface area (Å²) < 4.78 is 0. The highest BCUT2D eigenvalue weighted by Gasteiger charge is 2.15. The molecule has 18 heavy (non-hydrogen) atoms. The van der Waals surface area contributed by atoms with Gasteiger partial charge in [0.2, 0.25) is 0 Å². The number of aryl methyl sites for hydroxylation is 1. The van der Waals surface area contributed by atoms with E-state index in [1.54, 1.807) is 11.3 Å². The molecule has 2 aromatic rings. The Hall–Kier alpha value is -1.35. The molecular weight excluding hydrogens is 240 g/mol. The molecule has 1 aromatic carbocycles. The number of hydrogen-bond donors (Lipinski definition) is 1. The van der Waals surface area contributed by atoms with Crippen molar-refractivity contribution in [2.45, 2.75) is 39.5 Å². The van der Waals surface area contributed by atoms with Crippen molar-refractivity contribution in [3.8, 4) is 0 Å². The molecule has 1 heterocycles. The number of hydrogen-bond acceptors (Lipinski definition) is 3. The van der Waals surface area contributed by atoms with Crippen LogP contribution in [0.2, 0.25) is 0 Å². The Labute approximate surface area is 113 Å². The van der Waals surface area contributed by atoms with Crippen LogP contribution < -0.4 is 5.73 Å². The van der Waals surface area contributed by atoms with E-state index in [4.69, 9.17) is 5.73 Å². The first-order valence-corrected chi connectivity index (χ1v) is 7.04. The Morgan fingerprint density at radius 2 is 2.00 bits per heavy atom. The van der Waals surface area contributed by atoms with Crippen molar-refractivity contribution in [3.05, 3.63) is 45.4 Å². The van der Waals surface area contributed by atoms with E-state index in [2.05, 4.69) is 44.0 Å². The zero-order chi connectivity index (χ0) is 13.3. The first kappa shape index (κ1) is 13.1. The molecule has 3 heteroatoms. The minimum Gasteiger partial charge on any atom is -0.398 e. The molecule has 0 unspecified atom stereocenters. The van der Waals surface area contributed by atoms with E-state index in [-0.39, 0.29) is 5.41 Å². The SMILES string of the molecule is Cc1ncsc1Cc1ccc(C(C)(C)C)cc1N. The van der Waals surface area contributed by atoms with E-state index in [0.29, 0.717) is 0 Å². The lowest BCUT2D eigenvalue weighted by atomic mass is 9.86. The second-order valence-electron chi connectivity index (χ2n) is 5.70. The number of nitrogens with zero attached hydrogens (tertiary/aromatic N) is 1. The van der Waals surface area contributed by atoms with Gasteiger partial charge in [-0.3, -0.25) is 0 Å². The summed E-state index contributed by atoms with van der Waals surface area (Å²) in [6.45, 7) is 8.66. The first-order chi connectivity index (χ1) is 8.38. The van der Waals surface area contributed by atoms with Gasteiger partial charge in [0.1, 0.15) is 0 Å². The van der Waals surface area contributed by atoms with Crippen LogP contribution in [0.25, 0.3) is 0 Å². The lowest BCUT2D eigenvalue weighted by Gasteiger charge is -2.20. The van der Waals surface area contributed by atoms with Crippen molar-refractivity contribution in [1.29, 1.82) is 0 Å². The van der Waals surface area contributed by atoms with Crippen LogP contribution >= 0.6 is 11.3 Å². The van der Waals surface area contributed by atoms with Gasteiger partial charge in [-0.2, -0.15) is 0 Å². The van der Waals surface area contributed by atoms with Crippen molar-refractivity contribution in [1.82, 2.24) is 4.98 Å². The summed E-state index contributed by atoms with van der Waals surface area (Å²) >= 11 is 1.70. The summed E-state index contributed by atoms with van der Waals surface area (Å²) in [5, 5.41) is 0. The third kappa shape index (κ3) is 2.72. The van der Waals surface area contributed by atoms with Gasteiger partial charge in [-0.25, -0.2) is 4.98 Å². The Morgan fingerprint density at radius 1 is 1.28 bits per heavy atom. The number of nitrogen functional groups attached to an aromatic ring is 1. The monoisotopic (exact) mass is 260 g/mol. The second-order valence-corrected chi connectivity index (χ2v) is 6.64. The average molecular weight is 260 g/mol. The van der Waals surface area contributed by atoms with Crippen LogP contribution in [-0.4, -0.2) is 4.98 Å². The lowest BCUT2D eigenvalue weighted by Crippen LogP contribution is -2.12. The molecule has 0 radical (unpaired) electrons. The van der Waals surface area contributed by atoms with Gasteiger partial charge in [-0.15, -0.1) is 11.3 Å². The Morgan fingerprint density at radius 3 is 2.50 bits per heavy atom. The molecule has 0 amide bonds. The Balaban J connectivity index is 2.29. The molecule has 0 atom stereocenters. The fourth-order valence-corrected chi connectivity index (χ4v) is 2.69. The van der Waals surface area contributed by atoms with Crippen LogP contribution in [0, 0.1) is 6.92 Å². The summed E-state index contributed by atoms with van der Waals surface area (Å²) in [7, 11) is 0. The molecular formula is C15H20N2S. The predicted molar refractivity (Wildman–Crippen MR) is 79.2 cm³/mol. The van der Waals surface area contributed by atoms with E-state index in [1.807, 2.05) is 12.4 Å². The third-order valence-corrected chi connectivity index (χ3v) is 4.14. The van der Waals surface area contributed by atoms with Crippen molar-refractivity contribution >= 4 is 17.0 Å². The smallest absolute Gasteiger partial charge is 0.0797 e. The van der Waals surface area contributed by atoms with Gasteiger partial charge in [-0.1, -0.05) is 32.9 Å². The highest BCUT2D eigenvalue weighted by molar-refractivity contribution is 7.09. The fourth-order valence-electron chi connectivity index (χ4n) is 1.89. The second kappa shape index (κ2) is 4.73. The maximum atomic E-state index is 6.17. The molecule has 0 spiro atoms. The molecule has 2 rings (SSSR count). The molecule has 0 saturated carbocycles. The maximum absolute atomic E-state index is 6.17. The summed E-state index contributed by atoms with van der Waals surface area (Å²) in [6, 6.07) is 6.43. The van der Waals surface area contributed by atoms with Crippen LogP contribution in [0.5, 0.6) is 0 Å². The molecule has 2 N–H and O–H groups in total. The van der Waals surface area contributed by atoms with E-state index in [0.717, 1.165) is 17.8 Å². The number of thiazole rings is 1. The summed E-state index contributed by atoms with van der Waals surface area (Å²) in [4.78, 5) is 5.57. The first-order valence-electron chi connectivity index (χ1n) is 6.16. The summed E-state index contributed by atoms with van der Waals surface area (Å²) in [5.74, 6) is 0. The van der Waals surface area contributed by atoms with E-state index in [9.17, 15) is 0 Å². The van der Waals surface area contributed by atoms with Crippen LogP contribution in [0.3, 0.4) is 0 Å². The van der Waals surface area contributed by atoms with Crippen molar-refractivity contribution in [2.24, 2.45) is 0 Å². The fraction of sp³-hybridized carbons (Fsp3) is 0.400. The van der Waals surface area contributed by atoms with Crippen LogP contribution in [-0.2, 0) is 11.8 Å². The quantitative estimate of drug-likeness (QED) is 0.831. The number of rotatable bonds is 2. The Kier molecular flexibility index (Phi) is 3.44. The topological polar surface area (TPSA) is 38.9 Å². The third-order valence-electron chi connectivity index (χ3n) is 3.21. The van der Waals surface area contributed by atoms with Crippen LogP contribution in [0.15, 0.2) is 23.7 Å². The van der Waals surface area contributed by atoms with Gasteiger partial charge < -0.3 is 5.73 Å². The standard InChI is InChI=1S/C15H20N2S/c1-10-14(18-9-17-10)7-11-5-6-12(8-13(11)16)15(2,3)4/h5-6,8-9H,7,16H2,1-4H3. The van der Waals surface area contributed by atoms with Gasteiger partial charge in [0.25, 0.3) is 0 Å². The molecule has 96 valence electrons. The molecule has 0 aliphatic carbocycles. The van der Waals surface area contributed by atoms with Gasteiger partial charge >= 0.3 is 0 Å². The Bertz CT molecular complexity index is 550. The van der Waals surface area contributed by atoms with Gasteiger partial charge in [0.15, 0.2) is 0 Å². The van der Waals surface area contributed by atoms with Crippen LogP contribution in [0.1, 0.15) is 42.5 Å². The highest BCUT2D eigenvalue weighted by atomic mass is 32.1. The largest absolute Gasteiger partial charge is 0.398 e. The normalized spacial score (nSPS) is 11.8. The molecule has 1 aromatic heterocycles. The van der Waals surface area contributed by atoms with Crippen molar-refractivity contribution in [3.63, 3.8) is 0 Å². The minimum absolute atomic E-state index is 0.146. The van der Waals surface area contributed by atoms with Gasteiger partial charge in [0.05, 0.1) is 11.2 Å². The van der Waals surface area contributed by atoms with E-state index >= 15 is 0 Å². The van der Waals surface area contributed by atoms with Gasteiger partial charge in [-0.05, 0) is 29.5 Å². The molecule has 0 aliphatic rings. The van der Waals surface area contributed by atoms with E-state index < -0.39 is 0 Å². The summed E-state index contributed by atoms with van der Waals surface area (Å²) in [6.07, 6.45) is 0.882. The molecule has 0 fully saturated rings.